The van der Waals surface area contributed by atoms with Crippen LogP contribution in [0.1, 0.15) is 26.7 Å². The molecule has 108 valence electrons. The first kappa shape index (κ1) is 14.6. The Morgan fingerprint density at radius 2 is 2.20 bits per heavy atom. The van der Waals surface area contributed by atoms with Gasteiger partial charge in [0.2, 0.25) is 5.89 Å². The molecule has 0 saturated carbocycles. The molecule has 2 rings (SSSR count). The average molecular weight is 299 g/mol. The number of anilines is 1. The minimum atomic E-state index is -0.611. The van der Waals surface area contributed by atoms with Crippen molar-refractivity contribution < 1.29 is 19.1 Å². The molecule has 0 unspecified atom stereocenters. The highest BCUT2D eigenvalue weighted by Gasteiger charge is 2.18. The largest absolute Gasteiger partial charge is 0.444 e. The summed E-state index contributed by atoms with van der Waals surface area (Å²) in [5.74, 6) is 0.186. The van der Waals surface area contributed by atoms with Crippen molar-refractivity contribution in [2.75, 3.05) is 5.32 Å². The number of ether oxygens (including phenoxy) is 1. The first-order chi connectivity index (χ1) is 9.28. The zero-order valence-electron chi connectivity index (χ0n) is 11.4. The van der Waals surface area contributed by atoms with Crippen LogP contribution >= 0.6 is 11.6 Å². The molecule has 0 aliphatic heterocycles. The molecule has 0 saturated heterocycles. The molecular weight excluding hydrogens is 284 g/mol. The van der Waals surface area contributed by atoms with Gasteiger partial charge in [0.1, 0.15) is 17.7 Å². The molecule has 1 aromatic heterocycles. The number of oxazole rings is 1. The van der Waals surface area contributed by atoms with Crippen molar-refractivity contribution in [3.8, 4) is 0 Å². The SMILES string of the molecule is CC(C)(C)OC(=O)Nc1cc2oc(CO)nc2cc1Cl. The molecule has 2 aromatic rings. The van der Waals surface area contributed by atoms with E-state index < -0.39 is 11.7 Å². The molecule has 0 atom stereocenters. The summed E-state index contributed by atoms with van der Waals surface area (Å²) in [6.07, 6.45) is -0.611. The van der Waals surface area contributed by atoms with Gasteiger partial charge in [-0.05, 0) is 26.8 Å². The highest BCUT2D eigenvalue weighted by Crippen LogP contribution is 2.29. The van der Waals surface area contributed by atoms with E-state index in [-0.39, 0.29) is 12.5 Å². The normalized spacial score (nSPS) is 11.7. The molecular formula is C13H15ClN2O4. The van der Waals surface area contributed by atoms with Gasteiger partial charge >= 0.3 is 6.09 Å². The van der Waals surface area contributed by atoms with Gasteiger partial charge in [-0.1, -0.05) is 11.6 Å². The number of rotatable bonds is 2. The van der Waals surface area contributed by atoms with Crippen molar-refractivity contribution in [3.63, 3.8) is 0 Å². The highest BCUT2D eigenvalue weighted by atomic mass is 35.5. The number of aliphatic hydroxyl groups excluding tert-OH is 1. The van der Waals surface area contributed by atoms with E-state index in [1.54, 1.807) is 26.8 Å². The number of fused-ring (bicyclic) bond motifs is 1. The van der Waals surface area contributed by atoms with Crippen LogP contribution in [0.15, 0.2) is 16.5 Å². The number of nitrogens with one attached hydrogen (secondary N) is 1. The minimum Gasteiger partial charge on any atom is -0.444 e. The van der Waals surface area contributed by atoms with Crippen LogP contribution in [0.5, 0.6) is 0 Å². The van der Waals surface area contributed by atoms with Crippen LogP contribution in [0.2, 0.25) is 5.02 Å². The summed E-state index contributed by atoms with van der Waals surface area (Å²) < 4.78 is 10.4. The van der Waals surface area contributed by atoms with Gasteiger partial charge < -0.3 is 14.3 Å². The second kappa shape index (κ2) is 5.30. The van der Waals surface area contributed by atoms with Gasteiger partial charge in [0, 0.05) is 6.07 Å². The lowest BCUT2D eigenvalue weighted by atomic mass is 10.2. The Morgan fingerprint density at radius 3 is 2.80 bits per heavy atom. The smallest absolute Gasteiger partial charge is 0.412 e. The molecule has 0 radical (unpaired) electrons. The van der Waals surface area contributed by atoms with Crippen LogP contribution in [0, 0.1) is 0 Å². The van der Waals surface area contributed by atoms with Crippen LogP contribution < -0.4 is 5.32 Å². The second-order valence-electron chi connectivity index (χ2n) is 5.19. The summed E-state index contributed by atoms with van der Waals surface area (Å²) >= 11 is 6.06. The summed E-state index contributed by atoms with van der Waals surface area (Å²) in [6, 6.07) is 3.08. The van der Waals surface area contributed by atoms with Gasteiger partial charge in [-0.3, -0.25) is 5.32 Å². The third-order valence-electron chi connectivity index (χ3n) is 2.29. The first-order valence-corrected chi connectivity index (χ1v) is 6.36. The fourth-order valence-corrected chi connectivity index (χ4v) is 1.78. The molecule has 1 heterocycles. The summed E-state index contributed by atoms with van der Waals surface area (Å²) in [5.41, 5.74) is 0.684. The minimum absolute atomic E-state index is 0.186. The number of nitrogens with zero attached hydrogens (tertiary/aromatic N) is 1. The van der Waals surface area contributed by atoms with Gasteiger partial charge in [0.25, 0.3) is 0 Å². The fourth-order valence-electron chi connectivity index (χ4n) is 1.57. The number of hydrogen-bond donors (Lipinski definition) is 2. The molecule has 0 aliphatic carbocycles. The summed E-state index contributed by atoms with van der Waals surface area (Å²) in [6.45, 7) is 4.99. The zero-order chi connectivity index (χ0) is 14.9. The maximum absolute atomic E-state index is 11.7. The number of halogens is 1. The number of carbonyl (C=O) groups is 1. The van der Waals surface area contributed by atoms with Gasteiger partial charge in [0.05, 0.1) is 10.7 Å². The lowest BCUT2D eigenvalue weighted by Crippen LogP contribution is -2.27. The van der Waals surface area contributed by atoms with E-state index in [4.69, 9.17) is 25.9 Å². The van der Waals surface area contributed by atoms with Crippen molar-refractivity contribution in [2.45, 2.75) is 33.0 Å². The first-order valence-electron chi connectivity index (χ1n) is 5.98. The number of aromatic nitrogens is 1. The number of amides is 1. The fraction of sp³-hybridized carbons (Fsp3) is 0.385. The van der Waals surface area contributed by atoms with Gasteiger partial charge in [-0.25, -0.2) is 9.78 Å². The molecule has 1 aromatic carbocycles. The molecule has 0 spiro atoms. The molecule has 20 heavy (non-hydrogen) atoms. The van der Waals surface area contributed by atoms with E-state index in [2.05, 4.69) is 10.3 Å². The molecule has 1 amide bonds. The van der Waals surface area contributed by atoms with Crippen molar-refractivity contribution in [3.05, 3.63) is 23.0 Å². The van der Waals surface area contributed by atoms with E-state index >= 15 is 0 Å². The Morgan fingerprint density at radius 1 is 1.50 bits per heavy atom. The highest BCUT2D eigenvalue weighted by molar-refractivity contribution is 6.34. The second-order valence-corrected chi connectivity index (χ2v) is 5.60. The van der Waals surface area contributed by atoms with Gasteiger partial charge in [-0.15, -0.1) is 0 Å². The molecule has 0 aliphatic rings. The lowest BCUT2D eigenvalue weighted by molar-refractivity contribution is 0.0636. The van der Waals surface area contributed by atoms with Crippen molar-refractivity contribution in [1.29, 1.82) is 0 Å². The van der Waals surface area contributed by atoms with Crippen LogP contribution in [0.4, 0.5) is 10.5 Å². The average Bonchev–Trinajstić information content (AvgIpc) is 2.69. The standard InChI is InChI=1S/C13H15ClN2O4/c1-13(2,3)20-12(18)16-8-5-10-9(4-7(8)14)15-11(6-17)19-10/h4-5,17H,6H2,1-3H3,(H,16,18). The van der Waals surface area contributed by atoms with Crippen molar-refractivity contribution in [2.24, 2.45) is 0 Å². The van der Waals surface area contributed by atoms with E-state index in [9.17, 15) is 4.79 Å². The third-order valence-corrected chi connectivity index (χ3v) is 2.61. The Labute approximate surface area is 120 Å². The lowest BCUT2D eigenvalue weighted by Gasteiger charge is -2.19. The number of carbonyl (C=O) groups excluding carboxylic acids is 1. The Hall–Kier alpha value is -1.79. The Balaban J connectivity index is 2.25. The summed E-state index contributed by atoms with van der Waals surface area (Å²) in [7, 11) is 0. The predicted molar refractivity (Wildman–Crippen MR) is 74.8 cm³/mol. The molecule has 0 bridgehead atoms. The van der Waals surface area contributed by atoms with Crippen molar-refractivity contribution >= 4 is 34.5 Å². The third kappa shape index (κ3) is 3.40. The number of aliphatic hydroxyl groups is 1. The summed E-state index contributed by atoms with van der Waals surface area (Å²) in [5, 5.41) is 11.8. The Bertz CT molecular complexity index is 646. The molecule has 7 heteroatoms. The van der Waals surface area contributed by atoms with Gasteiger partial charge in [0.15, 0.2) is 5.58 Å². The quantitative estimate of drug-likeness (QED) is 0.888. The van der Waals surface area contributed by atoms with E-state index in [1.807, 2.05) is 0 Å². The van der Waals surface area contributed by atoms with E-state index in [0.717, 1.165) is 0 Å². The number of hydrogen-bond acceptors (Lipinski definition) is 5. The molecule has 2 N–H and O–H groups in total. The van der Waals surface area contributed by atoms with Crippen molar-refractivity contribution in [1.82, 2.24) is 4.98 Å². The van der Waals surface area contributed by atoms with E-state index in [0.29, 0.717) is 21.8 Å². The van der Waals surface area contributed by atoms with Crippen LogP contribution in [-0.2, 0) is 11.3 Å². The van der Waals surface area contributed by atoms with E-state index in [1.165, 1.54) is 6.07 Å². The summed E-state index contributed by atoms with van der Waals surface area (Å²) in [4.78, 5) is 15.7. The topological polar surface area (TPSA) is 84.6 Å². The zero-order valence-corrected chi connectivity index (χ0v) is 12.1. The number of benzene rings is 1. The predicted octanol–water partition coefficient (Wildman–Crippen LogP) is 3.32. The maximum atomic E-state index is 11.7. The Kier molecular flexibility index (Phi) is 3.87. The van der Waals surface area contributed by atoms with Crippen LogP contribution in [0.3, 0.4) is 0 Å². The van der Waals surface area contributed by atoms with Crippen LogP contribution in [-0.4, -0.2) is 21.8 Å². The van der Waals surface area contributed by atoms with Crippen LogP contribution in [0.25, 0.3) is 11.1 Å². The monoisotopic (exact) mass is 298 g/mol. The molecule has 0 fully saturated rings. The van der Waals surface area contributed by atoms with Gasteiger partial charge in [-0.2, -0.15) is 0 Å². The molecule has 6 nitrogen and oxygen atoms in total. The maximum Gasteiger partial charge on any atom is 0.412 e.